The van der Waals surface area contributed by atoms with Crippen molar-refractivity contribution in [1.29, 1.82) is 0 Å². The highest BCUT2D eigenvalue weighted by Gasteiger charge is 2.28. The predicted octanol–water partition coefficient (Wildman–Crippen LogP) is 4.80. The first kappa shape index (κ1) is 28.1. The number of halogens is 1. The highest BCUT2D eigenvalue weighted by Crippen LogP contribution is 2.28. The molecular weight excluding hydrogens is 527 g/mol. The fourth-order valence-corrected chi connectivity index (χ4v) is 5.14. The van der Waals surface area contributed by atoms with Crippen molar-refractivity contribution < 1.29 is 18.7 Å². The molecule has 0 spiro atoms. The third-order valence-corrected chi connectivity index (χ3v) is 7.44. The Morgan fingerprint density at radius 3 is 2.56 bits per heavy atom. The molecule has 1 fully saturated rings. The van der Waals surface area contributed by atoms with E-state index in [2.05, 4.69) is 20.5 Å². The third-order valence-electron chi connectivity index (χ3n) is 7.44. The van der Waals surface area contributed by atoms with Crippen molar-refractivity contribution in [3.63, 3.8) is 0 Å². The number of hydrogen-bond donors (Lipinski definition) is 0. The van der Waals surface area contributed by atoms with E-state index in [1.54, 1.807) is 12.1 Å². The van der Waals surface area contributed by atoms with Gasteiger partial charge in [0.15, 0.2) is 6.73 Å². The molecule has 5 rings (SSSR count). The quantitative estimate of drug-likeness (QED) is 0.201. The lowest BCUT2D eigenvalue weighted by Crippen LogP contribution is -2.46. The number of imidazole rings is 1. The van der Waals surface area contributed by atoms with E-state index in [1.165, 1.54) is 29.0 Å². The molecule has 1 saturated heterocycles. The van der Waals surface area contributed by atoms with Crippen LogP contribution in [0.1, 0.15) is 38.2 Å². The Kier molecular flexibility index (Phi) is 8.81. The van der Waals surface area contributed by atoms with E-state index < -0.39 is 6.16 Å². The Balaban J connectivity index is 1.29. The van der Waals surface area contributed by atoms with Gasteiger partial charge in [-0.3, -0.25) is 4.79 Å². The van der Waals surface area contributed by atoms with Crippen LogP contribution in [0.25, 0.3) is 11.0 Å². The van der Waals surface area contributed by atoms with Crippen LogP contribution in [-0.4, -0.2) is 58.0 Å². The number of rotatable bonds is 10. The van der Waals surface area contributed by atoms with Gasteiger partial charge in [0.05, 0.1) is 24.2 Å². The molecule has 0 N–H and O–H groups in total. The zero-order chi connectivity index (χ0) is 28.8. The van der Waals surface area contributed by atoms with Gasteiger partial charge in [-0.15, -0.1) is 0 Å². The molecule has 0 atom stereocenters. The van der Waals surface area contributed by atoms with Crippen molar-refractivity contribution in [2.24, 2.45) is 0 Å². The maximum atomic E-state index is 13.5. The zero-order valence-corrected chi connectivity index (χ0v) is 23.4. The average molecular weight is 563 g/mol. The van der Waals surface area contributed by atoms with Gasteiger partial charge >= 0.3 is 6.16 Å². The average Bonchev–Trinajstić information content (AvgIpc) is 3.35. The molecule has 1 aliphatic heterocycles. The molecular formula is C30H35FN6O4. The standard InChI is InChI=1S/C30H35FN6O4/c1-3-4-19-40-30(39)41-21-37-27(38)13-16-32-28(37)34(2)24-14-17-35(18-15-24)29-33-25-7-5-6-8-26(25)36(29)20-22-9-11-23(31)12-10-22/h5-13,16,24H,3-4,14-15,17-21H2,1-2H3. The van der Waals surface area contributed by atoms with E-state index in [1.807, 2.05) is 37.1 Å². The topological polar surface area (TPSA) is 94.7 Å². The lowest BCUT2D eigenvalue weighted by atomic mass is 10.0. The summed E-state index contributed by atoms with van der Waals surface area (Å²) in [5, 5.41) is 0. The summed E-state index contributed by atoms with van der Waals surface area (Å²) in [7, 11) is 1.90. The second-order valence-electron chi connectivity index (χ2n) is 10.2. The number of para-hydroxylation sites is 2. The summed E-state index contributed by atoms with van der Waals surface area (Å²) in [6.45, 7) is 4.08. The van der Waals surface area contributed by atoms with Crippen LogP contribution in [0.4, 0.5) is 21.1 Å². The summed E-state index contributed by atoms with van der Waals surface area (Å²) in [5.41, 5.74) is 2.62. The van der Waals surface area contributed by atoms with Gasteiger partial charge in [-0.25, -0.2) is 23.7 Å². The predicted molar refractivity (Wildman–Crippen MR) is 155 cm³/mol. The summed E-state index contributed by atoms with van der Waals surface area (Å²) in [5.74, 6) is 1.05. The number of fused-ring (bicyclic) bond motifs is 1. The first-order valence-electron chi connectivity index (χ1n) is 14.0. The normalized spacial score (nSPS) is 13.9. The second-order valence-corrected chi connectivity index (χ2v) is 10.2. The molecule has 1 aliphatic rings. The molecule has 0 bridgehead atoms. The van der Waals surface area contributed by atoms with Gasteiger partial charge in [0, 0.05) is 38.4 Å². The molecule has 0 unspecified atom stereocenters. The van der Waals surface area contributed by atoms with Crippen LogP contribution in [0.15, 0.2) is 65.6 Å². The number of carbonyl (C=O) groups is 1. The maximum Gasteiger partial charge on any atom is 0.510 e. The number of nitrogens with zero attached hydrogens (tertiary/aromatic N) is 6. The maximum absolute atomic E-state index is 13.5. The second kappa shape index (κ2) is 12.8. The Bertz CT molecular complexity index is 1530. The molecule has 10 nitrogen and oxygen atoms in total. The molecule has 2 aromatic heterocycles. The van der Waals surface area contributed by atoms with Gasteiger partial charge < -0.3 is 23.8 Å². The number of benzene rings is 2. The number of ether oxygens (including phenoxy) is 2. The first-order valence-corrected chi connectivity index (χ1v) is 14.0. The molecule has 3 heterocycles. The van der Waals surface area contributed by atoms with E-state index >= 15 is 0 Å². The molecule has 0 amide bonds. The lowest BCUT2D eigenvalue weighted by molar-refractivity contribution is 0.0323. The van der Waals surface area contributed by atoms with E-state index in [0.717, 1.165) is 61.3 Å². The van der Waals surface area contributed by atoms with Crippen molar-refractivity contribution in [2.45, 2.75) is 51.9 Å². The zero-order valence-electron chi connectivity index (χ0n) is 23.4. The van der Waals surface area contributed by atoms with Gasteiger partial charge in [-0.2, -0.15) is 0 Å². The van der Waals surface area contributed by atoms with Crippen LogP contribution in [0.5, 0.6) is 0 Å². The summed E-state index contributed by atoms with van der Waals surface area (Å²) in [4.78, 5) is 38.3. The van der Waals surface area contributed by atoms with Crippen molar-refractivity contribution in [2.75, 3.05) is 36.5 Å². The fourth-order valence-electron chi connectivity index (χ4n) is 5.14. The molecule has 41 heavy (non-hydrogen) atoms. The molecule has 0 saturated carbocycles. The van der Waals surface area contributed by atoms with Gasteiger partial charge in [-0.1, -0.05) is 37.6 Å². The Morgan fingerprint density at radius 1 is 1.05 bits per heavy atom. The van der Waals surface area contributed by atoms with Gasteiger partial charge in [0.1, 0.15) is 5.82 Å². The number of carbonyl (C=O) groups excluding carboxylic acids is 1. The van der Waals surface area contributed by atoms with Crippen LogP contribution in [-0.2, 0) is 22.7 Å². The SMILES string of the molecule is CCCCOC(=O)OCn1c(N(C)C2CCN(c3nc4ccccc4n3Cc3ccc(F)cc3)CC2)nccc1=O. The molecule has 11 heteroatoms. The minimum Gasteiger partial charge on any atom is -0.434 e. The van der Waals surface area contributed by atoms with Crippen molar-refractivity contribution >= 4 is 29.1 Å². The van der Waals surface area contributed by atoms with E-state index in [9.17, 15) is 14.0 Å². The Labute approximate surface area is 237 Å². The van der Waals surface area contributed by atoms with Gasteiger partial charge in [0.25, 0.3) is 5.56 Å². The number of anilines is 2. The Hall–Kier alpha value is -4.41. The van der Waals surface area contributed by atoms with Crippen LogP contribution in [0, 0.1) is 5.82 Å². The van der Waals surface area contributed by atoms with E-state index in [4.69, 9.17) is 14.5 Å². The summed E-state index contributed by atoms with van der Waals surface area (Å²) in [6.07, 6.45) is 3.92. The highest BCUT2D eigenvalue weighted by molar-refractivity contribution is 5.79. The number of hydrogen-bond acceptors (Lipinski definition) is 8. The smallest absolute Gasteiger partial charge is 0.434 e. The molecule has 4 aromatic rings. The molecule has 2 aromatic carbocycles. The number of unbranched alkanes of at least 4 members (excludes halogenated alkanes) is 1. The highest BCUT2D eigenvalue weighted by atomic mass is 19.1. The van der Waals surface area contributed by atoms with E-state index in [0.29, 0.717) is 12.5 Å². The summed E-state index contributed by atoms with van der Waals surface area (Å²) >= 11 is 0. The largest absolute Gasteiger partial charge is 0.510 e. The van der Waals surface area contributed by atoms with Crippen molar-refractivity contribution in [1.82, 2.24) is 19.1 Å². The number of aromatic nitrogens is 4. The van der Waals surface area contributed by atoms with Crippen molar-refractivity contribution in [3.8, 4) is 0 Å². The van der Waals surface area contributed by atoms with Gasteiger partial charge in [-0.05, 0) is 49.1 Å². The van der Waals surface area contributed by atoms with Crippen molar-refractivity contribution in [3.05, 3.63) is 82.5 Å². The molecule has 0 aliphatic carbocycles. The van der Waals surface area contributed by atoms with Crippen LogP contribution < -0.4 is 15.4 Å². The minimum absolute atomic E-state index is 0.109. The monoisotopic (exact) mass is 562 g/mol. The van der Waals surface area contributed by atoms with E-state index in [-0.39, 0.29) is 30.8 Å². The van der Waals surface area contributed by atoms with Gasteiger partial charge in [0.2, 0.25) is 11.9 Å². The molecule has 216 valence electrons. The van der Waals surface area contributed by atoms with Crippen LogP contribution in [0.2, 0.25) is 0 Å². The summed E-state index contributed by atoms with van der Waals surface area (Å²) in [6, 6.07) is 16.0. The van der Waals surface area contributed by atoms with Crippen LogP contribution >= 0.6 is 0 Å². The molecule has 0 radical (unpaired) electrons. The first-order chi connectivity index (χ1) is 19.9. The summed E-state index contributed by atoms with van der Waals surface area (Å²) < 4.78 is 27.3. The third kappa shape index (κ3) is 6.50. The minimum atomic E-state index is -0.806. The fraction of sp³-hybridized carbons (Fsp3) is 0.400. The van der Waals surface area contributed by atoms with Crippen LogP contribution in [0.3, 0.4) is 0 Å². The lowest BCUT2D eigenvalue weighted by Gasteiger charge is -2.38. The Morgan fingerprint density at radius 2 is 1.80 bits per heavy atom. The number of piperidine rings is 1.